The Balaban J connectivity index is 2.68. The summed E-state index contributed by atoms with van der Waals surface area (Å²) in [4.78, 5) is 0. The van der Waals surface area contributed by atoms with Crippen LogP contribution in [0.4, 0.5) is 4.39 Å². The quantitative estimate of drug-likeness (QED) is 0.555. The molecule has 1 unspecified atom stereocenters. The highest BCUT2D eigenvalue weighted by atomic mass is 19.1. The molecule has 0 bridgehead atoms. The van der Waals surface area contributed by atoms with Crippen molar-refractivity contribution in [3.05, 3.63) is 6.42 Å². The highest BCUT2D eigenvalue weighted by Crippen LogP contribution is 1.88. The second-order valence-electron chi connectivity index (χ2n) is 1.06. The van der Waals surface area contributed by atoms with Crippen LogP contribution in [-0.4, -0.2) is 25.2 Å². The van der Waals surface area contributed by atoms with Gasteiger partial charge in [-0.2, -0.15) is 0 Å². The molecule has 0 saturated carbocycles. The molecule has 0 aliphatic rings. The highest BCUT2D eigenvalue weighted by molar-refractivity contribution is 4.63. The number of rotatable bonds is 3. The van der Waals surface area contributed by atoms with Crippen molar-refractivity contribution in [2.45, 2.75) is 6.36 Å². The Labute approximate surface area is 41.9 Å². The molecule has 0 fully saturated rings. The number of aliphatic hydroxyl groups is 1. The molecule has 2 nitrogen and oxygen atoms in total. The summed E-state index contributed by atoms with van der Waals surface area (Å²) in [5.74, 6) is 0. The summed E-state index contributed by atoms with van der Waals surface area (Å²) < 4.78 is 15.7. The average Bonchev–Trinajstić information content (AvgIpc) is 1.61. The van der Waals surface area contributed by atoms with E-state index in [1.807, 2.05) is 0 Å². The van der Waals surface area contributed by atoms with Gasteiger partial charge in [0.05, 0.1) is 6.61 Å². The molecule has 0 aromatic rings. The Bertz CT molecular complexity index is 38.7. The van der Waals surface area contributed by atoms with Crippen molar-refractivity contribution in [2.75, 3.05) is 13.7 Å². The van der Waals surface area contributed by atoms with E-state index in [0.717, 1.165) is 6.42 Å². The molecule has 0 aromatic carbocycles. The van der Waals surface area contributed by atoms with Crippen molar-refractivity contribution in [1.29, 1.82) is 0 Å². The molecule has 0 amide bonds. The minimum atomic E-state index is -1.85. The van der Waals surface area contributed by atoms with Crippen LogP contribution >= 0.6 is 0 Å². The van der Waals surface area contributed by atoms with Gasteiger partial charge in [-0.3, -0.25) is 0 Å². The molecule has 0 aliphatic carbocycles. The number of aliphatic hydroxyl groups excluding tert-OH is 1. The van der Waals surface area contributed by atoms with Crippen molar-refractivity contribution in [3.8, 4) is 0 Å². The summed E-state index contributed by atoms with van der Waals surface area (Å²) in [6.07, 6.45) is -0.833. The van der Waals surface area contributed by atoms with Gasteiger partial charge in [0, 0.05) is 13.5 Å². The van der Waals surface area contributed by atoms with Crippen LogP contribution in [0.25, 0.3) is 0 Å². The van der Waals surface area contributed by atoms with E-state index in [0.29, 0.717) is 0 Å². The molecule has 0 saturated heterocycles. The summed E-state index contributed by atoms with van der Waals surface area (Å²) >= 11 is 0. The zero-order valence-corrected chi connectivity index (χ0v) is 4.10. The summed E-state index contributed by atoms with van der Waals surface area (Å²) in [7, 11) is 1.43. The minimum absolute atomic E-state index is 0.150. The molecule has 0 rings (SSSR count). The molecule has 1 N–H and O–H groups in total. The van der Waals surface area contributed by atoms with Crippen molar-refractivity contribution in [1.82, 2.24) is 0 Å². The molecule has 3 heteroatoms. The summed E-state index contributed by atoms with van der Waals surface area (Å²) in [5, 5.41) is 7.88. The van der Waals surface area contributed by atoms with Gasteiger partial charge in [-0.25, -0.2) is 4.39 Å². The lowest BCUT2D eigenvalue weighted by atomic mass is 10.5. The summed E-state index contributed by atoms with van der Waals surface area (Å²) in [5.41, 5.74) is 0. The first-order valence-electron chi connectivity index (χ1n) is 1.91. The van der Waals surface area contributed by atoms with Crippen LogP contribution in [0.1, 0.15) is 0 Å². The molecular weight excluding hydrogens is 99.0 g/mol. The maximum Gasteiger partial charge on any atom is 0.201 e. The maximum atomic E-state index is 11.3. The molecule has 43 valence electrons. The van der Waals surface area contributed by atoms with Gasteiger partial charge >= 0.3 is 0 Å². The van der Waals surface area contributed by atoms with Crippen LogP contribution in [-0.2, 0) is 4.74 Å². The van der Waals surface area contributed by atoms with Crippen molar-refractivity contribution in [3.63, 3.8) is 0 Å². The third-order valence-electron chi connectivity index (χ3n) is 0.457. The van der Waals surface area contributed by atoms with Crippen molar-refractivity contribution < 1.29 is 14.2 Å². The minimum Gasteiger partial charge on any atom is -0.384 e. The summed E-state index contributed by atoms with van der Waals surface area (Å²) in [6.45, 7) is 0.150. The first-order chi connectivity index (χ1) is 3.27. The molecule has 7 heavy (non-hydrogen) atoms. The average molecular weight is 107 g/mol. The van der Waals surface area contributed by atoms with Crippen LogP contribution in [0, 0.1) is 6.42 Å². The predicted octanol–water partition coefficient (Wildman–Crippen LogP) is 0.125. The van der Waals surface area contributed by atoms with E-state index in [2.05, 4.69) is 4.74 Å². The van der Waals surface area contributed by atoms with Crippen LogP contribution in [0.5, 0.6) is 0 Å². The SMILES string of the molecule is COC[CH]C(O)F. The van der Waals surface area contributed by atoms with Gasteiger partial charge in [0.1, 0.15) is 0 Å². The van der Waals surface area contributed by atoms with Gasteiger partial charge in [-0.05, 0) is 0 Å². The molecule has 1 radical (unpaired) electrons. The topological polar surface area (TPSA) is 29.5 Å². The van der Waals surface area contributed by atoms with E-state index in [-0.39, 0.29) is 6.61 Å². The normalized spacial score (nSPS) is 14.1. The van der Waals surface area contributed by atoms with Crippen LogP contribution in [0.15, 0.2) is 0 Å². The lowest BCUT2D eigenvalue weighted by Crippen LogP contribution is -2.02. The number of ether oxygens (including phenoxy) is 1. The van der Waals surface area contributed by atoms with Crippen LogP contribution < -0.4 is 0 Å². The molecular formula is C4H8FO2. The number of methoxy groups -OCH3 is 1. The fourth-order valence-electron chi connectivity index (χ4n) is 0.176. The van der Waals surface area contributed by atoms with Gasteiger partial charge in [0.2, 0.25) is 6.36 Å². The van der Waals surface area contributed by atoms with Crippen LogP contribution in [0.3, 0.4) is 0 Å². The fraction of sp³-hybridized carbons (Fsp3) is 0.750. The van der Waals surface area contributed by atoms with E-state index >= 15 is 0 Å². The Morgan fingerprint density at radius 1 is 2.00 bits per heavy atom. The predicted molar refractivity (Wildman–Crippen MR) is 23.3 cm³/mol. The summed E-state index contributed by atoms with van der Waals surface area (Å²) in [6, 6.07) is 0. The Kier molecular flexibility index (Phi) is 3.93. The van der Waals surface area contributed by atoms with Gasteiger partial charge < -0.3 is 9.84 Å². The fourth-order valence-corrected chi connectivity index (χ4v) is 0.176. The molecule has 0 heterocycles. The second-order valence-corrected chi connectivity index (χ2v) is 1.06. The zero-order chi connectivity index (χ0) is 5.70. The standard InChI is InChI=1S/C4H8FO2/c1-7-3-2-4(5)6/h2,4,6H,3H2,1H3. The highest BCUT2D eigenvalue weighted by Gasteiger charge is 1.96. The molecule has 0 aromatic heterocycles. The van der Waals surface area contributed by atoms with E-state index < -0.39 is 6.36 Å². The number of halogens is 1. The van der Waals surface area contributed by atoms with E-state index in [4.69, 9.17) is 5.11 Å². The molecule has 1 atom stereocenters. The van der Waals surface area contributed by atoms with Gasteiger partial charge in [-0.15, -0.1) is 0 Å². The van der Waals surface area contributed by atoms with Gasteiger partial charge in [-0.1, -0.05) is 0 Å². The van der Waals surface area contributed by atoms with E-state index in [1.165, 1.54) is 7.11 Å². The second kappa shape index (κ2) is 4.02. The van der Waals surface area contributed by atoms with E-state index in [9.17, 15) is 4.39 Å². The maximum absolute atomic E-state index is 11.3. The number of hydrogen-bond acceptors (Lipinski definition) is 2. The lowest BCUT2D eigenvalue weighted by molar-refractivity contribution is 0.0558. The number of hydrogen-bond donors (Lipinski definition) is 1. The van der Waals surface area contributed by atoms with Gasteiger partial charge in [0.15, 0.2) is 0 Å². The van der Waals surface area contributed by atoms with E-state index in [1.54, 1.807) is 0 Å². The Morgan fingerprint density at radius 3 is 2.71 bits per heavy atom. The first-order valence-corrected chi connectivity index (χ1v) is 1.91. The van der Waals surface area contributed by atoms with Crippen molar-refractivity contribution in [2.24, 2.45) is 0 Å². The van der Waals surface area contributed by atoms with Crippen LogP contribution in [0.2, 0.25) is 0 Å². The molecule has 0 spiro atoms. The lowest BCUT2D eigenvalue weighted by Gasteiger charge is -1.95. The smallest absolute Gasteiger partial charge is 0.201 e. The Hall–Kier alpha value is -0.150. The first kappa shape index (κ1) is 6.85. The number of alkyl halides is 1. The largest absolute Gasteiger partial charge is 0.384 e. The third-order valence-corrected chi connectivity index (χ3v) is 0.457. The molecule has 0 aliphatic heterocycles. The zero-order valence-electron chi connectivity index (χ0n) is 4.10. The third kappa shape index (κ3) is 5.85. The van der Waals surface area contributed by atoms with Crippen molar-refractivity contribution >= 4 is 0 Å². The van der Waals surface area contributed by atoms with Gasteiger partial charge in [0.25, 0.3) is 0 Å². The monoisotopic (exact) mass is 107 g/mol. The Morgan fingerprint density at radius 2 is 2.57 bits per heavy atom.